The normalized spacial score (nSPS) is 16.8. The van der Waals surface area contributed by atoms with Gasteiger partial charge in [-0.25, -0.2) is 0 Å². The van der Waals surface area contributed by atoms with Gasteiger partial charge in [-0.1, -0.05) is 25.3 Å². The fourth-order valence-electron chi connectivity index (χ4n) is 2.34. The minimum absolute atomic E-state index is 0.427. The van der Waals surface area contributed by atoms with Gasteiger partial charge in [0.05, 0.1) is 11.4 Å². The summed E-state index contributed by atoms with van der Waals surface area (Å²) in [4.78, 5) is 0. The smallest absolute Gasteiger partial charge is 0.423 e. The average Bonchev–Trinajstić information content (AvgIpc) is 2.33. The molecule has 1 saturated carbocycles. The fraction of sp³-hybridized carbons (Fsp3) is 0.500. The SMILES string of the molecule is Nc1cc(B(O)O)ccc1NC1CCCCC1. The van der Waals surface area contributed by atoms with Crippen LogP contribution in [-0.4, -0.2) is 23.2 Å². The third-order valence-electron chi connectivity index (χ3n) is 3.34. The largest absolute Gasteiger partial charge is 0.488 e. The summed E-state index contributed by atoms with van der Waals surface area (Å²) in [5.41, 5.74) is 7.78. The Hall–Kier alpha value is -1.20. The quantitative estimate of drug-likeness (QED) is 0.458. The molecule has 0 atom stereocenters. The molecule has 0 unspecified atom stereocenters. The highest BCUT2D eigenvalue weighted by Crippen LogP contribution is 2.24. The molecule has 1 aromatic carbocycles. The third kappa shape index (κ3) is 3.14. The molecule has 1 aromatic rings. The van der Waals surface area contributed by atoms with Gasteiger partial charge in [-0.2, -0.15) is 0 Å². The van der Waals surface area contributed by atoms with Crippen LogP contribution in [0.2, 0.25) is 0 Å². The first-order valence-corrected chi connectivity index (χ1v) is 6.19. The molecule has 0 aromatic heterocycles. The Bertz CT molecular complexity index is 379. The first-order valence-electron chi connectivity index (χ1n) is 6.19. The lowest BCUT2D eigenvalue weighted by molar-refractivity contribution is 0.426. The Morgan fingerprint density at radius 2 is 1.88 bits per heavy atom. The van der Waals surface area contributed by atoms with Crippen molar-refractivity contribution in [2.75, 3.05) is 11.1 Å². The Morgan fingerprint density at radius 3 is 2.47 bits per heavy atom. The summed E-state index contributed by atoms with van der Waals surface area (Å²) in [5, 5.41) is 21.5. The van der Waals surface area contributed by atoms with Crippen molar-refractivity contribution in [3.63, 3.8) is 0 Å². The van der Waals surface area contributed by atoms with Gasteiger partial charge in [-0.3, -0.25) is 0 Å². The minimum atomic E-state index is -1.46. The predicted octanol–water partition coefficient (Wildman–Crippen LogP) is 0.693. The van der Waals surface area contributed by atoms with Crippen LogP contribution in [0.25, 0.3) is 0 Å². The lowest BCUT2D eigenvalue weighted by Gasteiger charge is -2.24. The number of hydrogen-bond donors (Lipinski definition) is 4. The molecule has 17 heavy (non-hydrogen) atoms. The van der Waals surface area contributed by atoms with E-state index >= 15 is 0 Å². The van der Waals surface area contributed by atoms with Crippen molar-refractivity contribution in [1.82, 2.24) is 0 Å². The second kappa shape index (κ2) is 5.43. The molecule has 5 N–H and O–H groups in total. The second-order valence-corrected chi connectivity index (χ2v) is 4.70. The molecule has 2 rings (SSSR count). The van der Waals surface area contributed by atoms with Crippen molar-refractivity contribution in [2.45, 2.75) is 38.1 Å². The van der Waals surface area contributed by atoms with E-state index in [-0.39, 0.29) is 0 Å². The van der Waals surface area contributed by atoms with Crippen molar-refractivity contribution >= 4 is 24.0 Å². The van der Waals surface area contributed by atoms with Crippen LogP contribution in [0.1, 0.15) is 32.1 Å². The molecule has 0 spiro atoms. The maximum absolute atomic E-state index is 9.04. The zero-order chi connectivity index (χ0) is 12.3. The predicted molar refractivity (Wildman–Crippen MR) is 71.2 cm³/mol. The summed E-state index contributed by atoms with van der Waals surface area (Å²) in [6, 6.07) is 5.61. The van der Waals surface area contributed by atoms with Gasteiger partial charge in [-0.05, 0) is 30.4 Å². The Balaban J connectivity index is 2.05. The zero-order valence-corrected chi connectivity index (χ0v) is 9.89. The molecular formula is C12H19BN2O2. The number of anilines is 2. The van der Waals surface area contributed by atoms with Crippen LogP contribution >= 0.6 is 0 Å². The summed E-state index contributed by atoms with van der Waals surface area (Å²) in [7, 11) is -1.46. The van der Waals surface area contributed by atoms with Crippen LogP contribution in [0.3, 0.4) is 0 Å². The third-order valence-corrected chi connectivity index (χ3v) is 3.34. The zero-order valence-electron chi connectivity index (χ0n) is 9.89. The maximum atomic E-state index is 9.04. The summed E-state index contributed by atoms with van der Waals surface area (Å²) in [6.07, 6.45) is 6.23. The topological polar surface area (TPSA) is 78.5 Å². The van der Waals surface area contributed by atoms with E-state index in [2.05, 4.69) is 5.32 Å². The molecule has 5 heteroatoms. The summed E-state index contributed by atoms with van der Waals surface area (Å²) < 4.78 is 0. The second-order valence-electron chi connectivity index (χ2n) is 4.70. The number of nitrogens with two attached hydrogens (primary N) is 1. The molecule has 0 aliphatic heterocycles. The highest BCUT2D eigenvalue weighted by atomic mass is 16.4. The van der Waals surface area contributed by atoms with Crippen LogP contribution in [0.5, 0.6) is 0 Å². The van der Waals surface area contributed by atoms with Gasteiger partial charge >= 0.3 is 7.12 Å². The molecule has 1 fully saturated rings. The lowest BCUT2D eigenvalue weighted by atomic mass is 9.80. The van der Waals surface area contributed by atoms with E-state index in [4.69, 9.17) is 15.8 Å². The summed E-state index contributed by atoms with van der Waals surface area (Å²) in [5.74, 6) is 0. The van der Waals surface area contributed by atoms with Crippen molar-refractivity contribution in [2.24, 2.45) is 0 Å². The van der Waals surface area contributed by atoms with Gasteiger partial charge in [0, 0.05) is 6.04 Å². The molecule has 1 aliphatic carbocycles. The molecule has 4 nitrogen and oxygen atoms in total. The van der Waals surface area contributed by atoms with E-state index in [1.807, 2.05) is 6.07 Å². The Labute approximate surface area is 102 Å². The molecule has 1 aliphatic rings. The average molecular weight is 234 g/mol. The van der Waals surface area contributed by atoms with Gasteiger partial charge < -0.3 is 21.1 Å². The van der Waals surface area contributed by atoms with Gasteiger partial charge in [0.15, 0.2) is 0 Å². The molecule has 0 saturated heterocycles. The number of rotatable bonds is 3. The number of benzene rings is 1. The Kier molecular flexibility index (Phi) is 3.91. The molecule has 92 valence electrons. The van der Waals surface area contributed by atoms with E-state index in [9.17, 15) is 0 Å². The van der Waals surface area contributed by atoms with Crippen molar-refractivity contribution in [3.05, 3.63) is 18.2 Å². The van der Waals surface area contributed by atoms with Gasteiger partial charge in [0.25, 0.3) is 0 Å². The Morgan fingerprint density at radius 1 is 1.18 bits per heavy atom. The van der Waals surface area contributed by atoms with Crippen molar-refractivity contribution in [1.29, 1.82) is 0 Å². The number of hydrogen-bond acceptors (Lipinski definition) is 4. The molecule has 0 heterocycles. The highest BCUT2D eigenvalue weighted by Gasteiger charge is 2.16. The standard InChI is InChI=1S/C12H19BN2O2/c14-11-8-9(13(16)17)6-7-12(11)15-10-4-2-1-3-5-10/h6-8,10,15-17H,1-5,14H2. The van der Waals surface area contributed by atoms with E-state index in [0.717, 1.165) is 5.69 Å². The maximum Gasteiger partial charge on any atom is 0.488 e. The summed E-state index contributed by atoms with van der Waals surface area (Å²) in [6.45, 7) is 0. The van der Waals surface area contributed by atoms with Gasteiger partial charge in [0.1, 0.15) is 0 Å². The van der Waals surface area contributed by atoms with Crippen LogP contribution < -0.4 is 16.5 Å². The number of nitrogen functional groups attached to an aromatic ring is 1. The monoisotopic (exact) mass is 234 g/mol. The van der Waals surface area contributed by atoms with Crippen LogP contribution in [-0.2, 0) is 0 Å². The van der Waals surface area contributed by atoms with E-state index < -0.39 is 7.12 Å². The van der Waals surface area contributed by atoms with E-state index in [1.54, 1.807) is 12.1 Å². The van der Waals surface area contributed by atoms with Gasteiger partial charge in [-0.15, -0.1) is 0 Å². The van der Waals surface area contributed by atoms with Crippen LogP contribution in [0, 0.1) is 0 Å². The molecule has 0 amide bonds. The minimum Gasteiger partial charge on any atom is -0.423 e. The lowest BCUT2D eigenvalue weighted by Crippen LogP contribution is -2.30. The first-order chi connectivity index (χ1) is 8.16. The van der Waals surface area contributed by atoms with E-state index in [0.29, 0.717) is 17.2 Å². The number of nitrogens with one attached hydrogen (secondary N) is 1. The van der Waals surface area contributed by atoms with Crippen LogP contribution in [0.4, 0.5) is 11.4 Å². The molecule has 0 radical (unpaired) electrons. The van der Waals surface area contributed by atoms with Crippen molar-refractivity contribution < 1.29 is 10.0 Å². The molecular weight excluding hydrogens is 215 g/mol. The molecule has 0 bridgehead atoms. The highest BCUT2D eigenvalue weighted by molar-refractivity contribution is 6.58. The summed E-state index contributed by atoms with van der Waals surface area (Å²) >= 11 is 0. The van der Waals surface area contributed by atoms with Crippen molar-refractivity contribution in [3.8, 4) is 0 Å². The first kappa shape index (κ1) is 12.3. The van der Waals surface area contributed by atoms with Gasteiger partial charge in [0.2, 0.25) is 0 Å². The fourth-order valence-corrected chi connectivity index (χ4v) is 2.34. The van der Waals surface area contributed by atoms with Crippen LogP contribution in [0.15, 0.2) is 18.2 Å². The van der Waals surface area contributed by atoms with E-state index in [1.165, 1.54) is 32.1 Å².